The van der Waals surface area contributed by atoms with Gasteiger partial charge in [0.2, 0.25) is 0 Å². The van der Waals surface area contributed by atoms with Gasteiger partial charge in [-0.15, -0.1) is 11.3 Å². The molecule has 1 rings (SSSR count). The summed E-state index contributed by atoms with van der Waals surface area (Å²) in [5.41, 5.74) is 4.61. The van der Waals surface area contributed by atoms with Crippen LogP contribution < -0.4 is 21.7 Å². The van der Waals surface area contributed by atoms with Crippen molar-refractivity contribution in [2.45, 2.75) is 65.1 Å². The number of nitrogens with two attached hydrogens (primary N) is 1. The highest BCUT2D eigenvalue weighted by Gasteiger charge is 2.27. The highest BCUT2D eigenvalue weighted by Crippen LogP contribution is 2.25. The van der Waals surface area contributed by atoms with E-state index in [1.165, 1.54) is 16.7 Å². The Hall–Kier alpha value is -2.89. The maximum absolute atomic E-state index is 12.5. The molecule has 7 N–H and O–H groups in total. The number of ether oxygens (including phenoxy) is 1. The minimum atomic E-state index is -1.17. The van der Waals surface area contributed by atoms with Gasteiger partial charge in [-0.05, 0) is 39.5 Å². The minimum Gasteiger partial charge on any atom is -0.480 e. The lowest BCUT2D eigenvalue weighted by Crippen LogP contribution is -2.41. The normalized spacial score (nSPS) is 13.2. The van der Waals surface area contributed by atoms with Crippen molar-refractivity contribution in [3.05, 3.63) is 16.1 Å². The number of thiazole rings is 1. The number of nitrogens with one attached hydrogen (secondary N) is 4. The number of carbonyl (C=O) groups excluding carboxylic acids is 2. The lowest BCUT2D eigenvalue weighted by atomic mass is 10.1. The van der Waals surface area contributed by atoms with Gasteiger partial charge in [-0.25, -0.2) is 14.6 Å². The van der Waals surface area contributed by atoms with Crippen LogP contribution in [0.3, 0.4) is 0 Å². The molecule has 31 heavy (non-hydrogen) atoms. The van der Waals surface area contributed by atoms with Crippen molar-refractivity contribution in [3.8, 4) is 0 Å². The third-order valence-corrected chi connectivity index (χ3v) is 4.88. The summed E-state index contributed by atoms with van der Waals surface area (Å²) in [5, 5.41) is 26.3. The molecule has 2 amide bonds. The fourth-order valence-corrected chi connectivity index (χ4v) is 3.52. The lowest BCUT2D eigenvalue weighted by Gasteiger charge is -2.24. The SMILES string of the molecule is CC(C)C(NC(=O)OC(C)(C)C)c1nc(C(=O)N[C@@H](CCCNC(=N)N)C(=O)O)cs1. The van der Waals surface area contributed by atoms with E-state index in [-0.39, 0.29) is 24.0 Å². The Kier molecular flexibility index (Phi) is 9.69. The van der Waals surface area contributed by atoms with Crippen molar-refractivity contribution >= 4 is 35.3 Å². The molecule has 2 atom stereocenters. The van der Waals surface area contributed by atoms with Gasteiger partial charge in [-0.3, -0.25) is 10.2 Å². The summed E-state index contributed by atoms with van der Waals surface area (Å²) in [6.07, 6.45) is -0.0286. The summed E-state index contributed by atoms with van der Waals surface area (Å²) in [6.45, 7) is 9.41. The fourth-order valence-electron chi connectivity index (χ4n) is 2.50. The van der Waals surface area contributed by atoms with Gasteiger partial charge in [0.05, 0.1) is 6.04 Å². The topological polar surface area (TPSA) is 180 Å². The van der Waals surface area contributed by atoms with Crippen molar-refractivity contribution < 1.29 is 24.2 Å². The van der Waals surface area contributed by atoms with Crippen LogP contribution in [0.1, 0.15) is 69.0 Å². The van der Waals surface area contributed by atoms with Crippen LogP contribution in [0.5, 0.6) is 0 Å². The highest BCUT2D eigenvalue weighted by atomic mass is 32.1. The zero-order valence-electron chi connectivity index (χ0n) is 18.4. The second-order valence-corrected chi connectivity index (χ2v) is 9.18. The molecule has 0 saturated heterocycles. The monoisotopic (exact) mass is 456 g/mol. The summed E-state index contributed by atoms with van der Waals surface area (Å²) >= 11 is 1.20. The summed E-state index contributed by atoms with van der Waals surface area (Å²) in [4.78, 5) is 40.4. The van der Waals surface area contributed by atoms with Gasteiger partial charge in [-0.1, -0.05) is 13.8 Å². The van der Waals surface area contributed by atoms with Gasteiger partial charge in [-0.2, -0.15) is 0 Å². The number of hydrogen-bond donors (Lipinski definition) is 6. The highest BCUT2D eigenvalue weighted by molar-refractivity contribution is 7.09. The van der Waals surface area contributed by atoms with E-state index in [0.717, 1.165) is 0 Å². The number of rotatable bonds is 10. The predicted molar refractivity (Wildman–Crippen MR) is 117 cm³/mol. The summed E-state index contributed by atoms with van der Waals surface area (Å²) in [6, 6.07) is -1.57. The van der Waals surface area contributed by atoms with E-state index in [4.69, 9.17) is 15.9 Å². The number of aromatic nitrogens is 1. The molecule has 0 radical (unpaired) electrons. The number of carboxylic acids is 1. The van der Waals surface area contributed by atoms with Crippen LogP contribution >= 0.6 is 11.3 Å². The second-order valence-electron chi connectivity index (χ2n) is 8.29. The first kappa shape index (κ1) is 26.1. The molecule has 1 aromatic heterocycles. The maximum atomic E-state index is 12.5. The molecule has 174 valence electrons. The van der Waals surface area contributed by atoms with Crippen LogP contribution in [0.4, 0.5) is 4.79 Å². The third kappa shape index (κ3) is 9.64. The Labute approximate surface area is 185 Å². The van der Waals surface area contributed by atoms with Gasteiger partial charge >= 0.3 is 12.1 Å². The predicted octanol–water partition coefficient (Wildman–Crippen LogP) is 1.81. The summed E-state index contributed by atoms with van der Waals surface area (Å²) in [7, 11) is 0. The van der Waals surface area contributed by atoms with Gasteiger partial charge in [0.15, 0.2) is 5.96 Å². The first-order chi connectivity index (χ1) is 14.3. The van der Waals surface area contributed by atoms with Crippen LogP contribution in [0.2, 0.25) is 0 Å². The Morgan fingerprint density at radius 3 is 2.45 bits per heavy atom. The number of nitrogens with zero attached hydrogens (tertiary/aromatic N) is 1. The van der Waals surface area contributed by atoms with E-state index in [0.29, 0.717) is 18.0 Å². The van der Waals surface area contributed by atoms with Crippen molar-refractivity contribution in [2.24, 2.45) is 11.7 Å². The van der Waals surface area contributed by atoms with E-state index in [9.17, 15) is 19.5 Å². The molecule has 0 aliphatic rings. The summed E-state index contributed by atoms with van der Waals surface area (Å²) < 4.78 is 5.29. The van der Waals surface area contributed by atoms with Crippen LogP contribution in [0.25, 0.3) is 0 Å². The number of guanidine groups is 1. The quantitative estimate of drug-likeness (QED) is 0.175. The number of hydrogen-bond acceptors (Lipinski definition) is 7. The standard InChI is InChI=1S/C19H32N6O5S/c1-10(2)13(25-18(29)30-19(3,4)5)15-24-12(9-31-15)14(26)23-11(16(27)28)7-6-8-22-17(20)21/h9-11,13H,6-8H2,1-5H3,(H,23,26)(H,25,29)(H,27,28)(H4,20,21,22)/t11-,13?/m0/s1. The van der Waals surface area contributed by atoms with E-state index in [2.05, 4.69) is 20.9 Å². The molecule has 1 aromatic rings. The first-order valence-corrected chi connectivity index (χ1v) is 10.7. The van der Waals surface area contributed by atoms with Crippen LogP contribution in [0, 0.1) is 11.3 Å². The zero-order chi connectivity index (χ0) is 23.8. The molecule has 0 bridgehead atoms. The molecule has 11 nitrogen and oxygen atoms in total. The third-order valence-electron chi connectivity index (χ3n) is 3.95. The van der Waals surface area contributed by atoms with Crippen molar-refractivity contribution in [1.82, 2.24) is 20.9 Å². The Bertz CT molecular complexity index is 789. The maximum Gasteiger partial charge on any atom is 0.408 e. The molecule has 1 heterocycles. The number of amides is 2. The molecule has 0 aromatic carbocycles. The lowest BCUT2D eigenvalue weighted by molar-refractivity contribution is -0.139. The number of carbonyl (C=O) groups is 3. The van der Waals surface area contributed by atoms with Gasteiger partial charge in [0.25, 0.3) is 5.91 Å². The van der Waals surface area contributed by atoms with Crippen LogP contribution in [-0.2, 0) is 9.53 Å². The molecular weight excluding hydrogens is 424 g/mol. The van der Waals surface area contributed by atoms with Crippen LogP contribution in [0.15, 0.2) is 5.38 Å². The van der Waals surface area contributed by atoms with Crippen LogP contribution in [-0.4, -0.2) is 52.2 Å². The Morgan fingerprint density at radius 1 is 1.29 bits per heavy atom. The van der Waals surface area contributed by atoms with E-state index >= 15 is 0 Å². The van der Waals surface area contributed by atoms with Gasteiger partial charge in [0, 0.05) is 11.9 Å². The Balaban J connectivity index is 2.80. The van der Waals surface area contributed by atoms with Crippen molar-refractivity contribution in [1.29, 1.82) is 5.41 Å². The Morgan fingerprint density at radius 2 is 1.94 bits per heavy atom. The largest absolute Gasteiger partial charge is 0.480 e. The molecule has 0 spiro atoms. The van der Waals surface area contributed by atoms with E-state index in [1.807, 2.05) is 13.8 Å². The van der Waals surface area contributed by atoms with Gasteiger partial charge in [0.1, 0.15) is 22.3 Å². The molecule has 0 aliphatic carbocycles. The molecular formula is C19H32N6O5S. The number of alkyl carbamates (subject to hydrolysis) is 1. The average molecular weight is 457 g/mol. The van der Waals surface area contributed by atoms with E-state index in [1.54, 1.807) is 20.8 Å². The second kappa shape index (κ2) is 11.5. The first-order valence-electron chi connectivity index (χ1n) is 9.86. The fraction of sp³-hybridized carbons (Fsp3) is 0.632. The molecule has 1 unspecified atom stereocenters. The summed E-state index contributed by atoms with van der Waals surface area (Å²) in [5.74, 6) is -2.01. The number of carboxylic acid groups (broad SMARTS) is 1. The van der Waals surface area contributed by atoms with Gasteiger partial charge < -0.3 is 31.5 Å². The molecule has 12 heteroatoms. The van der Waals surface area contributed by atoms with E-state index < -0.39 is 35.7 Å². The number of aliphatic carboxylic acids is 1. The van der Waals surface area contributed by atoms with Crippen molar-refractivity contribution in [2.75, 3.05) is 6.54 Å². The zero-order valence-corrected chi connectivity index (χ0v) is 19.3. The van der Waals surface area contributed by atoms with Crippen molar-refractivity contribution in [3.63, 3.8) is 0 Å². The average Bonchev–Trinajstić information content (AvgIpc) is 3.09. The molecule has 0 aliphatic heterocycles. The molecule has 0 saturated carbocycles. The molecule has 0 fully saturated rings. The smallest absolute Gasteiger partial charge is 0.408 e. The minimum absolute atomic E-state index is 0.0184.